The number of alkyl halides is 5. The smallest absolute Gasteiger partial charge is 0.416 e. The maximum absolute atomic E-state index is 14.4. The van der Waals surface area contributed by atoms with Gasteiger partial charge in [0.25, 0.3) is 5.92 Å². The maximum atomic E-state index is 14.4. The van der Waals surface area contributed by atoms with Crippen LogP contribution in [0, 0.1) is 17.7 Å². The van der Waals surface area contributed by atoms with Crippen LogP contribution in [0.25, 0.3) is 0 Å². The Labute approximate surface area is 167 Å². The quantitative estimate of drug-likeness (QED) is 0.733. The summed E-state index contributed by atoms with van der Waals surface area (Å²) in [6.07, 6.45) is -5.27. The van der Waals surface area contributed by atoms with Crippen LogP contribution >= 0.6 is 0 Å². The summed E-state index contributed by atoms with van der Waals surface area (Å²) in [6.45, 7) is 0.342. The van der Waals surface area contributed by atoms with Crippen LogP contribution in [0.15, 0.2) is 18.2 Å². The van der Waals surface area contributed by atoms with Gasteiger partial charge < -0.3 is 15.0 Å². The lowest BCUT2D eigenvalue weighted by Gasteiger charge is -2.48. The van der Waals surface area contributed by atoms with Crippen molar-refractivity contribution in [1.29, 1.82) is 0 Å². The first-order chi connectivity index (χ1) is 13.9. The predicted octanol–water partition coefficient (Wildman–Crippen LogP) is 3.67. The zero-order chi connectivity index (χ0) is 21.9. The topological polar surface area (TPSA) is 58.6 Å². The van der Waals surface area contributed by atoms with Crippen molar-refractivity contribution in [2.75, 3.05) is 19.7 Å². The van der Waals surface area contributed by atoms with E-state index in [9.17, 15) is 35.9 Å². The Hall–Kier alpha value is -2.46. The van der Waals surface area contributed by atoms with Gasteiger partial charge in [-0.2, -0.15) is 13.2 Å². The van der Waals surface area contributed by atoms with Crippen LogP contribution in [0.1, 0.15) is 30.4 Å². The number of hydrogen-bond acceptors (Lipinski definition) is 3. The van der Waals surface area contributed by atoms with E-state index in [0.29, 0.717) is 25.0 Å². The van der Waals surface area contributed by atoms with Crippen LogP contribution in [-0.2, 0) is 21.6 Å². The number of carbonyl (C=O) groups is 2. The molecule has 0 bridgehead atoms. The zero-order valence-electron chi connectivity index (χ0n) is 15.6. The maximum Gasteiger partial charge on any atom is 0.416 e. The number of ether oxygens (including phenoxy) is 1. The molecule has 0 radical (unpaired) electrons. The van der Waals surface area contributed by atoms with Gasteiger partial charge in [-0.3, -0.25) is 4.79 Å². The Balaban J connectivity index is 1.30. The van der Waals surface area contributed by atoms with Crippen molar-refractivity contribution < 1.29 is 40.7 Å². The van der Waals surface area contributed by atoms with Gasteiger partial charge in [-0.1, -0.05) is 0 Å². The Morgan fingerprint density at radius 1 is 1.20 bits per heavy atom. The molecule has 1 aliphatic carbocycles. The molecule has 11 heteroatoms. The van der Waals surface area contributed by atoms with E-state index in [2.05, 4.69) is 5.32 Å². The van der Waals surface area contributed by atoms with Crippen molar-refractivity contribution in [2.24, 2.45) is 11.8 Å². The van der Waals surface area contributed by atoms with Gasteiger partial charge in [0.2, 0.25) is 5.91 Å². The number of likely N-dealkylation sites (tertiary alicyclic amines) is 1. The third kappa shape index (κ3) is 3.69. The van der Waals surface area contributed by atoms with E-state index < -0.39 is 53.0 Å². The summed E-state index contributed by atoms with van der Waals surface area (Å²) < 4.78 is 85.4. The van der Waals surface area contributed by atoms with Crippen LogP contribution in [0.2, 0.25) is 0 Å². The first-order valence-electron chi connectivity index (χ1n) is 9.37. The number of carbonyl (C=O) groups excluding carboxylic acids is 2. The lowest BCUT2D eigenvalue weighted by molar-refractivity contribution is -0.150. The number of benzene rings is 1. The van der Waals surface area contributed by atoms with E-state index in [1.165, 1.54) is 4.90 Å². The Morgan fingerprint density at radius 2 is 1.87 bits per heavy atom. The van der Waals surface area contributed by atoms with E-state index >= 15 is 0 Å². The predicted molar refractivity (Wildman–Crippen MR) is 89.9 cm³/mol. The highest BCUT2D eigenvalue weighted by Gasteiger charge is 2.54. The zero-order valence-corrected chi connectivity index (χ0v) is 15.6. The molecule has 2 heterocycles. The van der Waals surface area contributed by atoms with Crippen molar-refractivity contribution >= 4 is 12.0 Å². The summed E-state index contributed by atoms with van der Waals surface area (Å²) in [6, 6.07) is 0.962. The summed E-state index contributed by atoms with van der Waals surface area (Å²) >= 11 is 0. The van der Waals surface area contributed by atoms with Gasteiger partial charge in [0.15, 0.2) is 0 Å². The molecule has 0 aromatic heterocycles. The molecule has 2 aliphatic heterocycles. The van der Waals surface area contributed by atoms with Crippen molar-refractivity contribution in [2.45, 2.75) is 36.9 Å². The summed E-state index contributed by atoms with van der Waals surface area (Å²) in [5.41, 5.74) is -2.94. The second-order valence-electron chi connectivity index (χ2n) is 8.30. The van der Waals surface area contributed by atoms with Gasteiger partial charge in [-0.25, -0.2) is 18.0 Å². The number of nitrogens with zero attached hydrogens (tertiary/aromatic N) is 1. The minimum atomic E-state index is -4.82. The Kier molecular flexibility index (Phi) is 4.70. The van der Waals surface area contributed by atoms with E-state index in [1.54, 1.807) is 0 Å². The molecule has 1 aromatic rings. The fourth-order valence-electron chi connectivity index (χ4n) is 4.37. The molecular weight excluding hydrogens is 418 g/mol. The second kappa shape index (κ2) is 6.78. The number of amides is 2. The fourth-order valence-corrected chi connectivity index (χ4v) is 4.37. The van der Waals surface area contributed by atoms with E-state index in [1.807, 2.05) is 0 Å². The summed E-state index contributed by atoms with van der Waals surface area (Å²) in [4.78, 5) is 25.0. The molecule has 2 saturated heterocycles. The van der Waals surface area contributed by atoms with Crippen molar-refractivity contribution in [3.05, 3.63) is 35.1 Å². The highest BCUT2D eigenvalue weighted by atomic mass is 19.4. The number of halogens is 6. The molecule has 3 fully saturated rings. The third-order valence-corrected chi connectivity index (χ3v) is 5.97. The highest BCUT2D eigenvalue weighted by molar-refractivity contribution is 5.82. The largest absolute Gasteiger partial charge is 0.447 e. The molecule has 3 aliphatic rings. The highest BCUT2D eigenvalue weighted by Crippen LogP contribution is 2.44. The van der Waals surface area contributed by atoms with Gasteiger partial charge >= 0.3 is 12.3 Å². The number of cyclic esters (lactones) is 1. The van der Waals surface area contributed by atoms with E-state index in [0.717, 1.165) is 0 Å². The van der Waals surface area contributed by atoms with E-state index in [4.69, 9.17) is 4.74 Å². The van der Waals surface area contributed by atoms with Crippen LogP contribution in [-0.4, -0.2) is 42.1 Å². The number of hydrogen-bond donors (Lipinski definition) is 1. The van der Waals surface area contributed by atoms with Crippen molar-refractivity contribution in [3.63, 3.8) is 0 Å². The molecular formula is C19H18F6N2O3. The minimum Gasteiger partial charge on any atom is -0.447 e. The van der Waals surface area contributed by atoms with Crippen molar-refractivity contribution in [1.82, 2.24) is 10.2 Å². The summed E-state index contributed by atoms with van der Waals surface area (Å²) in [5, 5.41) is 2.67. The molecule has 1 spiro atoms. The SMILES string of the molecule is O=C1N[C@]2(CO1)C[C@@H](C(=O)N1CC(CC(F)(F)c3ccc(C(F)(F)F)cc3F)C1)C2. The number of alkyl carbamates (subject to hydrolysis) is 1. The Morgan fingerprint density at radius 3 is 2.40 bits per heavy atom. The fraction of sp³-hybridized carbons (Fsp3) is 0.579. The molecule has 5 nitrogen and oxygen atoms in total. The van der Waals surface area contributed by atoms with Crippen LogP contribution in [0.4, 0.5) is 31.1 Å². The van der Waals surface area contributed by atoms with Gasteiger partial charge in [0.05, 0.1) is 16.7 Å². The normalized spacial score (nSPS) is 26.8. The minimum absolute atomic E-state index is 0.0673. The summed E-state index contributed by atoms with van der Waals surface area (Å²) in [5.74, 6) is -6.36. The molecule has 1 aromatic carbocycles. The molecule has 1 saturated carbocycles. The first kappa shape index (κ1) is 20.8. The average Bonchev–Trinajstić information content (AvgIpc) is 2.97. The van der Waals surface area contributed by atoms with Crippen LogP contribution in [0.5, 0.6) is 0 Å². The van der Waals surface area contributed by atoms with Gasteiger partial charge in [0.1, 0.15) is 12.4 Å². The summed E-state index contributed by atoms with van der Waals surface area (Å²) in [7, 11) is 0. The molecule has 30 heavy (non-hydrogen) atoms. The lowest BCUT2D eigenvalue weighted by Crippen LogP contribution is -2.61. The molecule has 4 rings (SSSR count). The van der Waals surface area contributed by atoms with Gasteiger partial charge in [0, 0.05) is 31.3 Å². The number of nitrogens with one attached hydrogen (secondary N) is 1. The Bertz CT molecular complexity index is 876. The van der Waals surface area contributed by atoms with Crippen LogP contribution < -0.4 is 5.32 Å². The second-order valence-corrected chi connectivity index (χ2v) is 8.30. The molecule has 164 valence electrons. The molecule has 1 N–H and O–H groups in total. The molecule has 0 atom stereocenters. The standard InChI is InChI=1S/C19H18F6N2O3/c20-14-3-12(19(23,24)25)1-2-13(14)18(21,22)4-10-7-27(8-10)15(28)11-5-17(6-11)9-30-16(29)26-17/h1-3,10-11H,4-9H2,(H,26,29)/t11-,17-. The third-order valence-electron chi connectivity index (χ3n) is 5.97. The molecule has 2 amide bonds. The van der Waals surface area contributed by atoms with Gasteiger partial charge in [-0.15, -0.1) is 0 Å². The van der Waals surface area contributed by atoms with Crippen molar-refractivity contribution in [3.8, 4) is 0 Å². The van der Waals surface area contributed by atoms with E-state index in [-0.39, 0.29) is 37.6 Å². The monoisotopic (exact) mass is 436 g/mol. The van der Waals surface area contributed by atoms with Gasteiger partial charge in [-0.05, 0) is 31.0 Å². The lowest BCUT2D eigenvalue weighted by atomic mass is 9.68. The van der Waals surface area contributed by atoms with Crippen LogP contribution in [0.3, 0.4) is 0 Å². The first-order valence-corrected chi connectivity index (χ1v) is 9.37. The molecule has 0 unspecified atom stereocenters. The average molecular weight is 436 g/mol. The number of rotatable bonds is 4.